The lowest BCUT2D eigenvalue weighted by Crippen LogP contribution is -2.38. The Kier molecular flexibility index (Phi) is 5.50. The number of amides is 2. The first kappa shape index (κ1) is 18.1. The highest BCUT2D eigenvalue weighted by atomic mass is 32.1. The van der Waals surface area contributed by atoms with E-state index in [1.54, 1.807) is 12.1 Å². The van der Waals surface area contributed by atoms with Crippen molar-refractivity contribution in [2.24, 2.45) is 0 Å². The van der Waals surface area contributed by atoms with Crippen molar-refractivity contribution in [2.75, 3.05) is 31.5 Å². The van der Waals surface area contributed by atoms with Gasteiger partial charge in [-0.2, -0.15) is 0 Å². The Morgan fingerprint density at radius 2 is 1.89 bits per heavy atom. The first-order valence-corrected chi connectivity index (χ1v) is 10.4. The van der Waals surface area contributed by atoms with E-state index in [-0.39, 0.29) is 17.9 Å². The standard InChI is InChI=1S/C20H24N4O2S/c25-18(23-10-4-5-11-23)13-24-12-6-9-17(24)16-14-27-20(21-16)22-19(26)15-7-2-1-3-8-15/h1-3,7-8,14,17H,4-6,9-13H2,(H,21,22,26). The molecule has 1 atom stereocenters. The van der Waals surface area contributed by atoms with E-state index in [9.17, 15) is 9.59 Å². The molecule has 6 nitrogen and oxygen atoms in total. The predicted octanol–water partition coefficient (Wildman–Crippen LogP) is 3.15. The third-order valence-corrected chi connectivity index (χ3v) is 6.06. The Hall–Kier alpha value is -2.25. The number of benzene rings is 1. The van der Waals surface area contributed by atoms with Gasteiger partial charge in [0, 0.05) is 24.0 Å². The molecular weight excluding hydrogens is 360 g/mol. The van der Waals surface area contributed by atoms with Crippen molar-refractivity contribution in [3.8, 4) is 0 Å². The first-order valence-electron chi connectivity index (χ1n) is 9.54. The fourth-order valence-electron chi connectivity index (χ4n) is 3.85. The van der Waals surface area contributed by atoms with Gasteiger partial charge in [-0.1, -0.05) is 18.2 Å². The van der Waals surface area contributed by atoms with Crippen LogP contribution < -0.4 is 5.32 Å². The molecule has 2 fully saturated rings. The van der Waals surface area contributed by atoms with Gasteiger partial charge in [0.2, 0.25) is 5.91 Å². The van der Waals surface area contributed by atoms with Gasteiger partial charge in [0.25, 0.3) is 5.91 Å². The molecule has 4 rings (SSSR count). The number of nitrogens with one attached hydrogen (secondary N) is 1. The molecule has 1 N–H and O–H groups in total. The highest BCUT2D eigenvalue weighted by Crippen LogP contribution is 2.33. The van der Waals surface area contributed by atoms with E-state index in [1.807, 2.05) is 28.5 Å². The summed E-state index contributed by atoms with van der Waals surface area (Å²) >= 11 is 1.44. The fraction of sp³-hybridized carbons (Fsp3) is 0.450. The van der Waals surface area contributed by atoms with Gasteiger partial charge in [-0.3, -0.25) is 19.8 Å². The Morgan fingerprint density at radius 3 is 2.67 bits per heavy atom. The van der Waals surface area contributed by atoms with Crippen molar-refractivity contribution in [3.63, 3.8) is 0 Å². The van der Waals surface area contributed by atoms with Crippen LogP contribution >= 0.6 is 11.3 Å². The molecule has 2 saturated heterocycles. The molecule has 27 heavy (non-hydrogen) atoms. The van der Waals surface area contributed by atoms with Gasteiger partial charge >= 0.3 is 0 Å². The second kappa shape index (κ2) is 8.19. The predicted molar refractivity (Wildman–Crippen MR) is 106 cm³/mol. The zero-order valence-electron chi connectivity index (χ0n) is 15.3. The molecule has 0 saturated carbocycles. The molecule has 1 aromatic heterocycles. The van der Waals surface area contributed by atoms with Crippen LogP contribution in [0.15, 0.2) is 35.7 Å². The Labute approximate surface area is 163 Å². The van der Waals surface area contributed by atoms with Gasteiger partial charge in [0.05, 0.1) is 18.3 Å². The summed E-state index contributed by atoms with van der Waals surface area (Å²) in [6, 6.07) is 9.30. The van der Waals surface area contributed by atoms with Gasteiger partial charge in [-0.05, 0) is 44.4 Å². The van der Waals surface area contributed by atoms with E-state index >= 15 is 0 Å². The molecule has 1 unspecified atom stereocenters. The van der Waals surface area contributed by atoms with Crippen LogP contribution in [0.25, 0.3) is 0 Å². The molecule has 142 valence electrons. The lowest BCUT2D eigenvalue weighted by molar-refractivity contribution is -0.131. The number of nitrogens with zero attached hydrogens (tertiary/aromatic N) is 3. The largest absolute Gasteiger partial charge is 0.342 e. The molecule has 2 aromatic rings. The van der Waals surface area contributed by atoms with Gasteiger partial charge in [0.15, 0.2) is 5.13 Å². The third-order valence-electron chi connectivity index (χ3n) is 5.28. The molecule has 0 radical (unpaired) electrons. The van der Waals surface area contributed by atoms with E-state index in [1.165, 1.54) is 11.3 Å². The maximum atomic E-state index is 12.5. The van der Waals surface area contributed by atoms with Crippen LogP contribution in [0.4, 0.5) is 5.13 Å². The molecule has 2 aliphatic heterocycles. The highest BCUT2D eigenvalue weighted by Gasteiger charge is 2.31. The number of carbonyl (C=O) groups is 2. The Morgan fingerprint density at radius 1 is 1.11 bits per heavy atom. The average Bonchev–Trinajstić information content (AvgIpc) is 3.44. The normalized spacial score (nSPS) is 20.1. The van der Waals surface area contributed by atoms with E-state index in [0.29, 0.717) is 17.2 Å². The third kappa shape index (κ3) is 4.20. The van der Waals surface area contributed by atoms with Gasteiger partial charge in [-0.25, -0.2) is 4.98 Å². The van der Waals surface area contributed by atoms with Crippen molar-refractivity contribution in [3.05, 3.63) is 47.0 Å². The molecule has 1 aromatic carbocycles. The topological polar surface area (TPSA) is 65.5 Å². The highest BCUT2D eigenvalue weighted by molar-refractivity contribution is 7.14. The Bertz CT molecular complexity index is 801. The number of carbonyl (C=O) groups excluding carboxylic acids is 2. The zero-order chi connectivity index (χ0) is 18.6. The summed E-state index contributed by atoms with van der Waals surface area (Å²) in [6.45, 7) is 3.18. The monoisotopic (exact) mass is 384 g/mol. The summed E-state index contributed by atoms with van der Waals surface area (Å²) in [7, 11) is 0. The second-order valence-electron chi connectivity index (χ2n) is 7.11. The van der Waals surface area contributed by atoms with Crippen LogP contribution in [0.5, 0.6) is 0 Å². The summed E-state index contributed by atoms with van der Waals surface area (Å²) in [5, 5.41) is 5.49. The minimum absolute atomic E-state index is 0.149. The number of aromatic nitrogens is 1. The van der Waals surface area contributed by atoms with Crippen molar-refractivity contribution < 1.29 is 9.59 Å². The molecular formula is C20H24N4O2S. The number of hydrogen-bond donors (Lipinski definition) is 1. The molecule has 2 amide bonds. The lowest BCUT2D eigenvalue weighted by atomic mass is 10.1. The number of likely N-dealkylation sites (tertiary alicyclic amines) is 2. The maximum Gasteiger partial charge on any atom is 0.257 e. The summed E-state index contributed by atoms with van der Waals surface area (Å²) in [5.41, 5.74) is 1.57. The maximum absolute atomic E-state index is 12.5. The van der Waals surface area contributed by atoms with E-state index in [4.69, 9.17) is 0 Å². The molecule has 0 spiro atoms. The first-order chi connectivity index (χ1) is 13.2. The minimum Gasteiger partial charge on any atom is -0.342 e. The van der Waals surface area contributed by atoms with Crippen molar-refractivity contribution in [1.82, 2.24) is 14.8 Å². The summed E-state index contributed by atoms with van der Waals surface area (Å²) in [4.78, 5) is 33.6. The average molecular weight is 385 g/mol. The summed E-state index contributed by atoms with van der Waals surface area (Å²) in [6.07, 6.45) is 4.31. The molecule has 0 bridgehead atoms. The van der Waals surface area contributed by atoms with Crippen LogP contribution in [0.1, 0.15) is 47.8 Å². The van der Waals surface area contributed by atoms with Crippen molar-refractivity contribution in [1.29, 1.82) is 0 Å². The Balaban J connectivity index is 1.39. The SMILES string of the molecule is O=C(Nc1nc(C2CCCN2CC(=O)N2CCCC2)cs1)c1ccccc1. The number of thiazole rings is 1. The number of hydrogen-bond acceptors (Lipinski definition) is 5. The summed E-state index contributed by atoms with van der Waals surface area (Å²) < 4.78 is 0. The fourth-order valence-corrected chi connectivity index (χ4v) is 4.60. The van der Waals surface area contributed by atoms with Crippen LogP contribution in [0, 0.1) is 0 Å². The smallest absolute Gasteiger partial charge is 0.257 e. The van der Waals surface area contributed by atoms with Crippen molar-refractivity contribution >= 4 is 28.3 Å². The number of anilines is 1. The molecule has 0 aliphatic carbocycles. The van der Waals surface area contributed by atoms with Crippen molar-refractivity contribution in [2.45, 2.75) is 31.7 Å². The second-order valence-corrected chi connectivity index (χ2v) is 7.97. The van der Waals surface area contributed by atoms with Crippen LogP contribution in [0.2, 0.25) is 0 Å². The van der Waals surface area contributed by atoms with Gasteiger partial charge in [0.1, 0.15) is 0 Å². The molecule has 2 aliphatic rings. The zero-order valence-corrected chi connectivity index (χ0v) is 16.1. The van der Waals surface area contributed by atoms with E-state index in [0.717, 1.165) is 51.0 Å². The van der Waals surface area contributed by atoms with Gasteiger partial charge in [-0.15, -0.1) is 11.3 Å². The van der Waals surface area contributed by atoms with Crippen LogP contribution in [-0.2, 0) is 4.79 Å². The molecule has 7 heteroatoms. The lowest BCUT2D eigenvalue weighted by Gasteiger charge is -2.25. The quantitative estimate of drug-likeness (QED) is 0.860. The minimum atomic E-state index is -0.149. The molecule has 3 heterocycles. The number of rotatable bonds is 5. The summed E-state index contributed by atoms with van der Waals surface area (Å²) in [5.74, 6) is 0.0798. The van der Waals surface area contributed by atoms with Gasteiger partial charge < -0.3 is 4.90 Å². The van der Waals surface area contributed by atoms with Crippen LogP contribution in [-0.4, -0.2) is 52.8 Å². The van der Waals surface area contributed by atoms with E-state index < -0.39 is 0 Å². The van der Waals surface area contributed by atoms with Crippen LogP contribution in [0.3, 0.4) is 0 Å². The van der Waals surface area contributed by atoms with E-state index in [2.05, 4.69) is 15.2 Å².